The minimum absolute atomic E-state index is 0.637. The Morgan fingerprint density at radius 2 is 2.15 bits per heavy atom. The van der Waals surface area contributed by atoms with Gasteiger partial charge in [-0.2, -0.15) is 11.8 Å². The predicted molar refractivity (Wildman–Crippen MR) is 87.7 cm³/mol. The average Bonchev–Trinajstić information content (AvgIpc) is 2.53. The molecule has 0 aromatic heterocycles. The number of methoxy groups -OCH3 is 1. The molecule has 1 aliphatic rings. The van der Waals surface area contributed by atoms with Crippen LogP contribution < -0.4 is 10.1 Å². The summed E-state index contributed by atoms with van der Waals surface area (Å²) in [5.74, 6) is 3.53. The zero-order chi connectivity index (χ0) is 13.8. The summed E-state index contributed by atoms with van der Waals surface area (Å²) in [6, 6.07) is 13.4. The summed E-state index contributed by atoms with van der Waals surface area (Å²) in [5.41, 5.74) is 1.28. The van der Waals surface area contributed by atoms with E-state index in [2.05, 4.69) is 53.5 Å². The Hall–Kier alpha value is -1.19. The first-order chi connectivity index (χ1) is 9.88. The SMILES string of the molecule is COc1ccc2ccccc2c1CNC1CCCSC1. The fourth-order valence-electron chi connectivity index (χ4n) is 2.84. The maximum absolute atomic E-state index is 5.55. The summed E-state index contributed by atoms with van der Waals surface area (Å²) < 4.78 is 5.55. The van der Waals surface area contributed by atoms with E-state index in [1.807, 2.05) is 0 Å². The van der Waals surface area contributed by atoms with Gasteiger partial charge >= 0.3 is 0 Å². The number of benzene rings is 2. The highest BCUT2D eigenvalue weighted by molar-refractivity contribution is 7.99. The number of hydrogen-bond acceptors (Lipinski definition) is 3. The molecule has 3 rings (SSSR count). The van der Waals surface area contributed by atoms with Gasteiger partial charge in [0, 0.05) is 23.9 Å². The zero-order valence-electron chi connectivity index (χ0n) is 11.9. The molecule has 0 amide bonds. The maximum atomic E-state index is 5.55. The van der Waals surface area contributed by atoms with Gasteiger partial charge in [-0.15, -0.1) is 0 Å². The molecule has 3 heteroatoms. The second-order valence-corrected chi connectivity index (χ2v) is 6.41. The van der Waals surface area contributed by atoms with E-state index in [1.54, 1.807) is 7.11 Å². The maximum Gasteiger partial charge on any atom is 0.123 e. The molecule has 0 radical (unpaired) electrons. The van der Waals surface area contributed by atoms with Gasteiger partial charge in [-0.25, -0.2) is 0 Å². The van der Waals surface area contributed by atoms with Crippen LogP contribution in [0.3, 0.4) is 0 Å². The lowest BCUT2D eigenvalue weighted by atomic mass is 10.0. The van der Waals surface area contributed by atoms with Gasteiger partial charge in [0.1, 0.15) is 5.75 Å². The summed E-state index contributed by atoms with van der Waals surface area (Å²) in [4.78, 5) is 0. The van der Waals surface area contributed by atoms with E-state index in [9.17, 15) is 0 Å². The van der Waals surface area contributed by atoms with Crippen LogP contribution in [0.2, 0.25) is 0 Å². The van der Waals surface area contributed by atoms with Crippen molar-refractivity contribution in [1.29, 1.82) is 0 Å². The van der Waals surface area contributed by atoms with Gasteiger partial charge in [-0.1, -0.05) is 30.3 Å². The number of ether oxygens (including phenoxy) is 1. The monoisotopic (exact) mass is 287 g/mol. The van der Waals surface area contributed by atoms with Crippen LogP contribution in [0.5, 0.6) is 5.75 Å². The smallest absolute Gasteiger partial charge is 0.123 e. The molecule has 1 saturated heterocycles. The number of rotatable bonds is 4. The Kier molecular flexibility index (Phi) is 4.48. The Morgan fingerprint density at radius 3 is 2.95 bits per heavy atom. The molecule has 0 aliphatic carbocycles. The van der Waals surface area contributed by atoms with Crippen LogP contribution in [0.25, 0.3) is 10.8 Å². The van der Waals surface area contributed by atoms with Crippen molar-refractivity contribution in [3.63, 3.8) is 0 Å². The minimum Gasteiger partial charge on any atom is -0.496 e. The highest BCUT2D eigenvalue weighted by Gasteiger charge is 2.15. The van der Waals surface area contributed by atoms with Crippen LogP contribution in [0.1, 0.15) is 18.4 Å². The molecule has 1 heterocycles. The first kappa shape index (κ1) is 13.8. The van der Waals surface area contributed by atoms with Crippen LogP contribution in [0.4, 0.5) is 0 Å². The van der Waals surface area contributed by atoms with Crippen molar-refractivity contribution >= 4 is 22.5 Å². The van der Waals surface area contributed by atoms with Gasteiger partial charge in [0.15, 0.2) is 0 Å². The molecule has 0 spiro atoms. The van der Waals surface area contributed by atoms with Crippen LogP contribution in [-0.2, 0) is 6.54 Å². The molecule has 1 unspecified atom stereocenters. The second-order valence-electron chi connectivity index (χ2n) is 5.26. The van der Waals surface area contributed by atoms with Gasteiger partial charge in [0.25, 0.3) is 0 Å². The van der Waals surface area contributed by atoms with Crippen LogP contribution in [0.15, 0.2) is 36.4 Å². The standard InChI is InChI=1S/C17H21NOS/c1-19-17-9-8-13-5-2-3-7-15(13)16(17)11-18-14-6-4-10-20-12-14/h2-3,5,7-9,14,18H,4,6,10-12H2,1H3. The molecule has 0 bridgehead atoms. The zero-order valence-corrected chi connectivity index (χ0v) is 12.7. The average molecular weight is 287 g/mol. The van der Waals surface area contributed by atoms with Crippen LogP contribution >= 0.6 is 11.8 Å². The van der Waals surface area contributed by atoms with Crippen molar-refractivity contribution in [1.82, 2.24) is 5.32 Å². The van der Waals surface area contributed by atoms with E-state index in [0.717, 1.165) is 12.3 Å². The lowest BCUT2D eigenvalue weighted by molar-refractivity contribution is 0.406. The number of hydrogen-bond donors (Lipinski definition) is 1. The first-order valence-corrected chi connectivity index (χ1v) is 8.39. The first-order valence-electron chi connectivity index (χ1n) is 7.24. The lowest BCUT2D eigenvalue weighted by Crippen LogP contribution is -2.33. The summed E-state index contributed by atoms with van der Waals surface area (Å²) in [5, 5.41) is 6.28. The largest absolute Gasteiger partial charge is 0.496 e. The fraction of sp³-hybridized carbons (Fsp3) is 0.412. The highest BCUT2D eigenvalue weighted by atomic mass is 32.2. The van der Waals surface area contributed by atoms with E-state index >= 15 is 0 Å². The molecule has 1 fully saturated rings. The normalized spacial score (nSPS) is 19.1. The molecule has 2 aromatic rings. The third kappa shape index (κ3) is 2.94. The van der Waals surface area contributed by atoms with Crippen molar-refractivity contribution in [3.05, 3.63) is 42.0 Å². The summed E-state index contributed by atoms with van der Waals surface area (Å²) in [7, 11) is 1.75. The highest BCUT2D eigenvalue weighted by Crippen LogP contribution is 2.28. The van der Waals surface area contributed by atoms with Gasteiger partial charge in [0.05, 0.1) is 7.11 Å². The van der Waals surface area contributed by atoms with E-state index in [-0.39, 0.29) is 0 Å². The third-order valence-electron chi connectivity index (χ3n) is 3.95. The van der Waals surface area contributed by atoms with Crippen molar-refractivity contribution in [2.24, 2.45) is 0 Å². The Balaban J connectivity index is 1.84. The van der Waals surface area contributed by atoms with Crippen molar-refractivity contribution in [2.75, 3.05) is 18.6 Å². The van der Waals surface area contributed by atoms with E-state index in [1.165, 1.54) is 40.7 Å². The van der Waals surface area contributed by atoms with E-state index in [4.69, 9.17) is 4.74 Å². The lowest BCUT2D eigenvalue weighted by Gasteiger charge is -2.23. The number of thioether (sulfide) groups is 1. The molecule has 2 aromatic carbocycles. The van der Waals surface area contributed by atoms with Gasteiger partial charge in [-0.3, -0.25) is 0 Å². The summed E-state index contributed by atoms with van der Waals surface area (Å²) >= 11 is 2.06. The van der Waals surface area contributed by atoms with Crippen LogP contribution in [-0.4, -0.2) is 24.7 Å². The molecule has 1 atom stereocenters. The molecule has 20 heavy (non-hydrogen) atoms. The Labute approximate surface area is 124 Å². The topological polar surface area (TPSA) is 21.3 Å². The minimum atomic E-state index is 0.637. The third-order valence-corrected chi connectivity index (χ3v) is 5.16. The van der Waals surface area contributed by atoms with Crippen LogP contribution in [0, 0.1) is 0 Å². The van der Waals surface area contributed by atoms with Crippen molar-refractivity contribution < 1.29 is 4.74 Å². The van der Waals surface area contributed by atoms with Gasteiger partial charge in [0.2, 0.25) is 0 Å². The van der Waals surface area contributed by atoms with Crippen molar-refractivity contribution in [3.8, 4) is 5.75 Å². The summed E-state index contributed by atoms with van der Waals surface area (Å²) in [6.45, 7) is 0.885. The molecular weight excluding hydrogens is 266 g/mol. The number of fused-ring (bicyclic) bond motifs is 1. The van der Waals surface area contributed by atoms with Crippen molar-refractivity contribution in [2.45, 2.75) is 25.4 Å². The van der Waals surface area contributed by atoms with Gasteiger partial charge < -0.3 is 10.1 Å². The van der Waals surface area contributed by atoms with E-state index in [0.29, 0.717) is 6.04 Å². The number of nitrogens with one attached hydrogen (secondary N) is 1. The Morgan fingerprint density at radius 1 is 1.25 bits per heavy atom. The quantitative estimate of drug-likeness (QED) is 0.923. The fourth-order valence-corrected chi connectivity index (χ4v) is 3.94. The molecule has 2 nitrogen and oxygen atoms in total. The molecule has 0 saturated carbocycles. The van der Waals surface area contributed by atoms with Gasteiger partial charge in [-0.05, 0) is 35.4 Å². The molecule has 106 valence electrons. The summed E-state index contributed by atoms with van der Waals surface area (Å²) in [6.07, 6.45) is 2.62. The second kappa shape index (κ2) is 6.51. The molecule has 1 N–H and O–H groups in total. The molecular formula is C17H21NOS. The van der Waals surface area contributed by atoms with E-state index < -0.39 is 0 Å². The molecule has 1 aliphatic heterocycles. The Bertz CT molecular complexity index is 578. The predicted octanol–water partition coefficient (Wildman–Crippen LogP) is 3.83.